The van der Waals surface area contributed by atoms with E-state index in [1.807, 2.05) is 30.3 Å². The molecule has 0 radical (unpaired) electrons. The summed E-state index contributed by atoms with van der Waals surface area (Å²) < 4.78 is 5.37. The molecule has 1 unspecified atom stereocenters. The molecule has 2 aliphatic rings. The molecule has 1 N–H and O–H groups in total. The molecule has 2 amide bonds. The first-order valence-corrected chi connectivity index (χ1v) is 7.45. The van der Waals surface area contributed by atoms with E-state index in [4.69, 9.17) is 4.74 Å². The molecule has 112 valence electrons. The molecule has 2 aliphatic heterocycles. The van der Waals surface area contributed by atoms with Crippen molar-refractivity contribution in [2.24, 2.45) is 5.92 Å². The highest BCUT2D eigenvalue weighted by atomic mass is 16.5. The van der Waals surface area contributed by atoms with Gasteiger partial charge in [-0.1, -0.05) is 30.3 Å². The highest BCUT2D eigenvalue weighted by Crippen LogP contribution is 2.27. The average Bonchev–Trinajstić information content (AvgIpc) is 2.53. The maximum Gasteiger partial charge on any atom is 0.247 e. The summed E-state index contributed by atoms with van der Waals surface area (Å²) in [5, 5.41) is 2.69. The normalized spacial score (nSPS) is 24.0. The van der Waals surface area contributed by atoms with E-state index in [2.05, 4.69) is 5.32 Å². The van der Waals surface area contributed by atoms with Crippen molar-refractivity contribution in [3.63, 3.8) is 0 Å². The number of benzene rings is 1. The summed E-state index contributed by atoms with van der Waals surface area (Å²) in [7, 11) is 0. The van der Waals surface area contributed by atoms with E-state index in [1.54, 1.807) is 4.90 Å². The third kappa shape index (κ3) is 3.08. The Morgan fingerprint density at radius 3 is 2.57 bits per heavy atom. The van der Waals surface area contributed by atoms with Gasteiger partial charge in [0.25, 0.3) is 0 Å². The van der Waals surface area contributed by atoms with Crippen LogP contribution in [0.4, 0.5) is 0 Å². The monoisotopic (exact) mass is 288 g/mol. The molecule has 0 aliphatic carbocycles. The minimum Gasteiger partial charge on any atom is -0.381 e. The summed E-state index contributed by atoms with van der Waals surface area (Å²) in [4.78, 5) is 26.3. The molecule has 21 heavy (non-hydrogen) atoms. The minimum absolute atomic E-state index is 0.00468. The van der Waals surface area contributed by atoms with E-state index in [-0.39, 0.29) is 18.4 Å². The van der Waals surface area contributed by atoms with Crippen molar-refractivity contribution in [3.8, 4) is 0 Å². The molecule has 1 atom stereocenters. The zero-order valence-electron chi connectivity index (χ0n) is 12.0. The molecule has 2 heterocycles. The van der Waals surface area contributed by atoms with Crippen molar-refractivity contribution < 1.29 is 14.3 Å². The van der Waals surface area contributed by atoms with E-state index in [9.17, 15) is 9.59 Å². The number of rotatable bonds is 3. The Hall–Kier alpha value is -1.88. The van der Waals surface area contributed by atoms with Gasteiger partial charge in [-0.05, 0) is 24.3 Å². The van der Waals surface area contributed by atoms with E-state index < -0.39 is 6.04 Å². The average molecular weight is 288 g/mol. The molecule has 2 fully saturated rings. The Balaban J connectivity index is 1.82. The van der Waals surface area contributed by atoms with Crippen LogP contribution in [-0.2, 0) is 14.3 Å². The lowest BCUT2D eigenvalue weighted by atomic mass is 9.96. The second-order valence-electron chi connectivity index (χ2n) is 5.63. The molecule has 0 bridgehead atoms. The third-order valence-electron chi connectivity index (χ3n) is 4.21. The van der Waals surface area contributed by atoms with Gasteiger partial charge in [0.2, 0.25) is 11.8 Å². The fraction of sp³-hybridized carbons (Fsp3) is 0.500. The molecular formula is C16H20N2O3. The summed E-state index contributed by atoms with van der Waals surface area (Å²) >= 11 is 0. The van der Waals surface area contributed by atoms with Gasteiger partial charge in [-0.25, -0.2) is 0 Å². The Morgan fingerprint density at radius 2 is 1.86 bits per heavy atom. The van der Waals surface area contributed by atoms with E-state index >= 15 is 0 Å². The standard InChI is InChI=1S/C16H20N2O3/c19-14-10-17-16(20)15(13-4-2-1-3-5-13)18(14)11-12-6-8-21-9-7-12/h1-5,12,15H,6-11H2,(H,17,20). The zero-order valence-corrected chi connectivity index (χ0v) is 12.0. The number of amides is 2. The zero-order chi connectivity index (χ0) is 14.7. The molecule has 0 saturated carbocycles. The largest absolute Gasteiger partial charge is 0.381 e. The van der Waals surface area contributed by atoms with Gasteiger partial charge in [0, 0.05) is 19.8 Å². The van der Waals surface area contributed by atoms with Gasteiger partial charge in [-0.2, -0.15) is 0 Å². The summed E-state index contributed by atoms with van der Waals surface area (Å²) in [6.07, 6.45) is 1.90. The van der Waals surface area contributed by atoms with Crippen LogP contribution in [-0.4, -0.2) is 43.0 Å². The molecule has 2 saturated heterocycles. The molecular weight excluding hydrogens is 268 g/mol. The molecule has 0 aromatic heterocycles. The Kier molecular flexibility index (Phi) is 4.20. The number of nitrogens with zero attached hydrogens (tertiary/aromatic N) is 1. The van der Waals surface area contributed by atoms with E-state index in [0.29, 0.717) is 12.5 Å². The van der Waals surface area contributed by atoms with Crippen LogP contribution < -0.4 is 5.32 Å². The highest BCUT2D eigenvalue weighted by molar-refractivity contribution is 5.95. The topological polar surface area (TPSA) is 58.6 Å². The van der Waals surface area contributed by atoms with Gasteiger partial charge in [0.1, 0.15) is 6.04 Å². The number of ether oxygens (including phenoxy) is 1. The van der Waals surface area contributed by atoms with Crippen molar-refractivity contribution in [1.82, 2.24) is 10.2 Å². The predicted molar refractivity (Wildman–Crippen MR) is 77.4 cm³/mol. The third-order valence-corrected chi connectivity index (χ3v) is 4.21. The second-order valence-corrected chi connectivity index (χ2v) is 5.63. The quantitative estimate of drug-likeness (QED) is 0.906. The van der Waals surface area contributed by atoms with Gasteiger partial charge < -0.3 is 15.0 Å². The van der Waals surface area contributed by atoms with Crippen molar-refractivity contribution in [3.05, 3.63) is 35.9 Å². The van der Waals surface area contributed by atoms with Crippen LogP contribution in [0.5, 0.6) is 0 Å². The van der Waals surface area contributed by atoms with Crippen LogP contribution in [0.15, 0.2) is 30.3 Å². The first kappa shape index (κ1) is 14.1. The maximum absolute atomic E-state index is 12.3. The Morgan fingerprint density at radius 1 is 1.14 bits per heavy atom. The molecule has 5 heteroatoms. The van der Waals surface area contributed by atoms with Crippen LogP contribution in [0, 0.1) is 5.92 Å². The Labute approximate surface area is 124 Å². The lowest BCUT2D eigenvalue weighted by Gasteiger charge is -2.38. The summed E-state index contributed by atoms with van der Waals surface area (Å²) in [6, 6.07) is 9.01. The molecule has 3 rings (SSSR count). The lowest BCUT2D eigenvalue weighted by molar-refractivity contribution is -0.147. The number of piperazine rings is 1. The van der Waals surface area contributed by atoms with Crippen LogP contribution in [0.2, 0.25) is 0 Å². The smallest absolute Gasteiger partial charge is 0.247 e. The van der Waals surface area contributed by atoms with Gasteiger partial charge >= 0.3 is 0 Å². The highest BCUT2D eigenvalue weighted by Gasteiger charge is 2.36. The number of carbonyl (C=O) groups excluding carboxylic acids is 2. The van der Waals surface area contributed by atoms with Crippen LogP contribution >= 0.6 is 0 Å². The number of hydrogen-bond acceptors (Lipinski definition) is 3. The first-order valence-electron chi connectivity index (χ1n) is 7.45. The molecule has 0 spiro atoms. The fourth-order valence-corrected chi connectivity index (χ4v) is 3.03. The minimum atomic E-state index is -0.504. The van der Waals surface area contributed by atoms with Gasteiger partial charge in [0.15, 0.2) is 0 Å². The Bertz CT molecular complexity index is 512. The van der Waals surface area contributed by atoms with Crippen molar-refractivity contribution in [2.75, 3.05) is 26.3 Å². The van der Waals surface area contributed by atoms with Gasteiger partial charge in [-0.3, -0.25) is 9.59 Å². The number of hydrogen-bond donors (Lipinski definition) is 1. The molecule has 1 aromatic carbocycles. The second kappa shape index (κ2) is 6.26. The van der Waals surface area contributed by atoms with Crippen LogP contribution in [0.3, 0.4) is 0 Å². The van der Waals surface area contributed by atoms with Crippen LogP contribution in [0.1, 0.15) is 24.4 Å². The molecule has 5 nitrogen and oxygen atoms in total. The van der Waals surface area contributed by atoms with Crippen molar-refractivity contribution in [1.29, 1.82) is 0 Å². The predicted octanol–water partition coefficient (Wildman–Crippen LogP) is 1.11. The number of carbonyl (C=O) groups is 2. The van der Waals surface area contributed by atoms with Crippen LogP contribution in [0.25, 0.3) is 0 Å². The maximum atomic E-state index is 12.3. The van der Waals surface area contributed by atoms with E-state index in [1.165, 1.54) is 0 Å². The van der Waals surface area contributed by atoms with Crippen molar-refractivity contribution >= 4 is 11.8 Å². The molecule has 1 aromatic rings. The number of nitrogens with one attached hydrogen (secondary N) is 1. The van der Waals surface area contributed by atoms with Gasteiger partial charge in [-0.15, -0.1) is 0 Å². The lowest BCUT2D eigenvalue weighted by Crippen LogP contribution is -2.54. The fourth-order valence-electron chi connectivity index (χ4n) is 3.03. The van der Waals surface area contributed by atoms with Crippen molar-refractivity contribution in [2.45, 2.75) is 18.9 Å². The summed E-state index contributed by atoms with van der Waals surface area (Å²) in [5.41, 5.74) is 0.870. The summed E-state index contributed by atoms with van der Waals surface area (Å²) in [5.74, 6) is 0.322. The van der Waals surface area contributed by atoms with Gasteiger partial charge in [0.05, 0.1) is 6.54 Å². The summed E-state index contributed by atoms with van der Waals surface area (Å²) in [6.45, 7) is 2.23. The SMILES string of the molecule is O=C1NCC(=O)N(CC2CCOCC2)C1c1ccccc1. The first-order chi connectivity index (χ1) is 10.3. The van der Waals surface area contributed by atoms with E-state index in [0.717, 1.165) is 31.6 Å².